The minimum atomic E-state index is -4.53. The van der Waals surface area contributed by atoms with Crippen LogP contribution in [0.25, 0.3) is 0 Å². The molecule has 2 aromatic rings. The zero-order valence-corrected chi connectivity index (χ0v) is 23.5. The van der Waals surface area contributed by atoms with Gasteiger partial charge in [-0.25, -0.2) is 0 Å². The molecule has 4 nitrogen and oxygen atoms in total. The third-order valence-electron chi connectivity index (χ3n) is 9.82. The van der Waals surface area contributed by atoms with Gasteiger partial charge in [0.2, 0.25) is 0 Å². The Morgan fingerprint density at radius 1 is 1.07 bits per heavy atom. The molecule has 1 heterocycles. The second kappa shape index (κ2) is 9.89. The van der Waals surface area contributed by atoms with Crippen LogP contribution < -0.4 is 4.90 Å². The van der Waals surface area contributed by atoms with Crippen molar-refractivity contribution >= 4 is 11.5 Å². The van der Waals surface area contributed by atoms with Crippen LogP contribution in [0.15, 0.2) is 71.3 Å². The number of ketones is 1. The molecule has 2 aromatic carbocycles. The molecule has 2 saturated carbocycles. The average molecular weight is 562 g/mol. The van der Waals surface area contributed by atoms with Gasteiger partial charge in [-0.05, 0) is 84.2 Å². The summed E-state index contributed by atoms with van der Waals surface area (Å²) in [4.78, 5) is 14.3. The average Bonchev–Trinajstić information content (AvgIpc) is 3.21. The lowest BCUT2D eigenvalue weighted by Crippen LogP contribution is -2.53. The molecule has 2 fully saturated rings. The van der Waals surface area contributed by atoms with Gasteiger partial charge in [-0.3, -0.25) is 4.79 Å². The number of carbonyl (C=O) groups excluding carboxylic acids is 1. The predicted molar refractivity (Wildman–Crippen MR) is 151 cm³/mol. The van der Waals surface area contributed by atoms with E-state index in [4.69, 9.17) is 4.74 Å². The van der Waals surface area contributed by atoms with E-state index in [1.54, 1.807) is 6.08 Å². The van der Waals surface area contributed by atoms with Crippen molar-refractivity contribution in [1.29, 1.82) is 0 Å². The maximum absolute atomic E-state index is 13.7. The summed E-state index contributed by atoms with van der Waals surface area (Å²) in [6, 6.07) is 13.6. The number of halogens is 3. The van der Waals surface area contributed by atoms with Crippen molar-refractivity contribution in [3.8, 4) is 11.8 Å². The van der Waals surface area contributed by atoms with E-state index < -0.39 is 22.8 Å². The normalized spacial score (nSPS) is 31.0. The fourth-order valence-electron chi connectivity index (χ4n) is 7.54. The standard InChI is InChI=1S/C34H34F3NO3/c1-32-19-27(21-8-10-24(11-9-21)38(2)3)30-26-13-12-25(39)18-23(26)20-41-31(30)29(32)15-17-33(32,40)16-14-22-6-4-5-7-28(22)34(35,36)37/h4-11,18,27,29,31,40H,12-13,15,17,19-20H2,1-3H3/t27-,29?,31?,32+,33+/m1/s1. The molecule has 5 atom stereocenters. The first-order valence-corrected chi connectivity index (χ1v) is 14.2. The second-order valence-electron chi connectivity index (χ2n) is 12.3. The summed E-state index contributed by atoms with van der Waals surface area (Å²) < 4.78 is 47.5. The Morgan fingerprint density at radius 3 is 2.51 bits per heavy atom. The number of carbonyl (C=O) groups is 1. The molecule has 4 aliphatic rings. The van der Waals surface area contributed by atoms with Crippen molar-refractivity contribution in [2.75, 3.05) is 25.6 Å². The van der Waals surface area contributed by atoms with Gasteiger partial charge in [0, 0.05) is 43.1 Å². The highest BCUT2D eigenvalue weighted by molar-refractivity contribution is 5.93. The molecule has 6 rings (SSSR count). The Hall–Kier alpha value is -3.34. The molecular formula is C34H34F3NO3. The quantitative estimate of drug-likeness (QED) is 0.429. The Bertz CT molecular complexity index is 1510. The van der Waals surface area contributed by atoms with Crippen LogP contribution in [0.5, 0.6) is 0 Å². The zero-order valence-electron chi connectivity index (χ0n) is 23.5. The first-order valence-electron chi connectivity index (χ1n) is 14.2. The second-order valence-corrected chi connectivity index (χ2v) is 12.3. The van der Waals surface area contributed by atoms with Crippen LogP contribution in [0.3, 0.4) is 0 Å². The predicted octanol–water partition coefficient (Wildman–Crippen LogP) is 6.44. The number of hydrogen-bond acceptors (Lipinski definition) is 4. The summed E-state index contributed by atoms with van der Waals surface area (Å²) in [6.07, 6.45) is -0.355. The van der Waals surface area contributed by atoms with Crippen molar-refractivity contribution in [2.24, 2.45) is 11.3 Å². The van der Waals surface area contributed by atoms with E-state index in [9.17, 15) is 23.1 Å². The number of anilines is 1. The Balaban J connectivity index is 1.46. The van der Waals surface area contributed by atoms with Gasteiger partial charge in [-0.2, -0.15) is 13.2 Å². The van der Waals surface area contributed by atoms with Crippen LogP contribution in [-0.2, 0) is 15.7 Å². The highest BCUT2D eigenvalue weighted by Crippen LogP contribution is 2.64. The molecular weight excluding hydrogens is 527 g/mol. The maximum atomic E-state index is 13.7. The smallest absolute Gasteiger partial charge is 0.378 e. The SMILES string of the molecule is CN(C)c1ccc([C@H]2C[C@@]3(C)C(CC[C@@]3(O)C#Cc3ccccc3C(F)(F)F)C3OCC4=CC(=O)CCC4=C32)cc1. The number of aliphatic hydroxyl groups is 1. The Kier molecular flexibility index (Phi) is 6.71. The molecule has 0 spiro atoms. The fraction of sp³-hybridized carbons (Fsp3) is 0.441. The Labute approximate surface area is 238 Å². The molecule has 41 heavy (non-hydrogen) atoms. The van der Waals surface area contributed by atoms with Crippen molar-refractivity contribution in [2.45, 2.75) is 62.8 Å². The van der Waals surface area contributed by atoms with Gasteiger partial charge < -0.3 is 14.7 Å². The Morgan fingerprint density at radius 2 is 1.80 bits per heavy atom. The molecule has 0 amide bonds. The van der Waals surface area contributed by atoms with Gasteiger partial charge >= 0.3 is 6.18 Å². The van der Waals surface area contributed by atoms with Crippen molar-refractivity contribution in [1.82, 2.24) is 0 Å². The van der Waals surface area contributed by atoms with Gasteiger partial charge in [0.15, 0.2) is 5.78 Å². The number of rotatable bonds is 2. The summed E-state index contributed by atoms with van der Waals surface area (Å²) in [6.45, 7) is 2.37. The number of fused-ring (bicyclic) bond motifs is 4. The lowest BCUT2D eigenvalue weighted by Gasteiger charge is -2.53. The van der Waals surface area contributed by atoms with Gasteiger partial charge in [-0.1, -0.05) is 43.0 Å². The summed E-state index contributed by atoms with van der Waals surface area (Å²) in [5.41, 5.74) is 2.35. The van der Waals surface area contributed by atoms with Crippen LogP contribution in [0.2, 0.25) is 0 Å². The highest BCUT2D eigenvalue weighted by atomic mass is 19.4. The van der Waals surface area contributed by atoms with Gasteiger partial charge in [0.05, 0.1) is 18.3 Å². The lowest BCUT2D eigenvalue weighted by atomic mass is 9.55. The van der Waals surface area contributed by atoms with Crippen LogP contribution in [0.4, 0.5) is 18.9 Å². The van der Waals surface area contributed by atoms with Gasteiger partial charge in [-0.15, -0.1) is 0 Å². The molecule has 0 radical (unpaired) electrons. The van der Waals surface area contributed by atoms with Crippen molar-refractivity contribution < 1.29 is 27.8 Å². The van der Waals surface area contributed by atoms with Gasteiger partial charge in [0.1, 0.15) is 5.60 Å². The maximum Gasteiger partial charge on any atom is 0.417 e. The van der Waals surface area contributed by atoms with Crippen molar-refractivity contribution in [3.63, 3.8) is 0 Å². The zero-order chi connectivity index (χ0) is 29.2. The van der Waals surface area contributed by atoms with Gasteiger partial charge in [0.25, 0.3) is 0 Å². The minimum Gasteiger partial charge on any atom is -0.378 e. The van der Waals surface area contributed by atoms with E-state index >= 15 is 0 Å². The lowest BCUT2D eigenvalue weighted by molar-refractivity contribution is -0.137. The number of hydrogen-bond donors (Lipinski definition) is 1. The highest BCUT2D eigenvalue weighted by Gasteiger charge is 2.63. The number of allylic oxidation sites excluding steroid dienone is 1. The van der Waals surface area contributed by atoms with E-state index in [2.05, 4.69) is 36.1 Å². The number of alkyl halides is 3. The molecule has 3 aliphatic carbocycles. The summed E-state index contributed by atoms with van der Waals surface area (Å²) in [7, 11) is 3.97. The molecule has 1 aliphatic heterocycles. The van der Waals surface area contributed by atoms with E-state index in [0.29, 0.717) is 38.7 Å². The summed E-state index contributed by atoms with van der Waals surface area (Å²) in [5, 5.41) is 12.2. The minimum absolute atomic E-state index is 0.0568. The van der Waals surface area contributed by atoms with Crippen molar-refractivity contribution in [3.05, 3.63) is 88.0 Å². The first-order chi connectivity index (χ1) is 19.4. The van der Waals surface area contributed by atoms with Crippen LogP contribution in [0, 0.1) is 23.2 Å². The van der Waals surface area contributed by atoms with Crippen LogP contribution in [0.1, 0.15) is 61.6 Å². The molecule has 0 bridgehead atoms. The molecule has 7 heteroatoms. The molecule has 2 unspecified atom stereocenters. The summed E-state index contributed by atoms with van der Waals surface area (Å²) in [5.74, 6) is 5.66. The van der Waals surface area contributed by atoms with Crippen LogP contribution in [-0.4, -0.2) is 43.3 Å². The number of ether oxygens (including phenoxy) is 1. The fourth-order valence-corrected chi connectivity index (χ4v) is 7.54. The number of nitrogens with zero attached hydrogens (tertiary/aromatic N) is 1. The molecule has 0 aromatic heterocycles. The third kappa shape index (κ3) is 4.62. The molecule has 1 N–H and O–H groups in total. The third-order valence-corrected chi connectivity index (χ3v) is 9.82. The van der Waals surface area contributed by atoms with E-state index in [0.717, 1.165) is 22.9 Å². The van der Waals surface area contributed by atoms with E-state index in [1.165, 1.54) is 29.3 Å². The monoisotopic (exact) mass is 561 g/mol. The largest absolute Gasteiger partial charge is 0.417 e. The van der Waals surface area contributed by atoms with Crippen LogP contribution >= 0.6 is 0 Å². The molecule has 0 saturated heterocycles. The first kappa shape index (κ1) is 27.8. The molecule has 214 valence electrons. The van der Waals surface area contributed by atoms with E-state index in [1.807, 2.05) is 25.9 Å². The summed E-state index contributed by atoms with van der Waals surface area (Å²) >= 11 is 0. The number of benzene rings is 2. The van der Waals surface area contributed by atoms with E-state index in [-0.39, 0.29) is 29.3 Å². The topological polar surface area (TPSA) is 49.8 Å².